The van der Waals surface area contributed by atoms with E-state index in [1.807, 2.05) is 23.3 Å². The van der Waals surface area contributed by atoms with Crippen molar-refractivity contribution in [1.82, 2.24) is 20.2 Å². The van der Waals surface area contributed by atoms with Crippen molar-refractivity contribution in [3.8, 4) is 0 Å². The number of likely N-dealkylation sites (tertiary alicyclic amines) is 1. The summed E-state index contributed by atoms with van der Waals surface area (Å²) in [6.07, 6.45) is 5.20. The van der Waals surface area contributed by atoms with Crippen LogP contribution in [0.4, 0.5) is 0 Å². The second-order valence-corrected chi connectivity index (χ2v) is 6.90. The highest BCUT2D eigenvalue weighted by atomic mass is 32.1. The molecule has 2 aromatic heterocycles. The van der Waals surface area contributed by atoms with E-state index < -0.39 is 0 Å². The molecule has 24 heavy (non-hydrogen) atoms. The van der Waals surface area contributed by atoms with Gasteiger partial charge in [0, 0.05) is 13.5 Å². The molecule has 1 atom stereocenters. The lowest BCUT2D eigenvalue weighted by Crippen LogP contribution is -2.30. The zero-order valence-electron chi connectivity index (χ0n) is 13.8. The Morgan fingerprint density at radius 3 is 2.96 bits per heavy atom. The van der Waals surface area contributed by atoms with Gasteiger partial charge in [-0.3, -0.25) is 19.6 Å². The molecule has 0 unspecified atom stereocenters. The number of rotatable bonds is 4. The third kappa shape index (κ3) is 3.62. The molecule has 1 aliphatic heterocycles. The number of nitrogens with one attached hydrogen (secondary N) is 1. The molecule has 0 spiro atoms. The molecular formula is C17H20N4O2S. The van der Waals surface area contributed by atoms with Crippen molar-refractivity contribution in [2.45, 2.75) is 39.3 Å². The van der Waals surface area contributed by atoms with Gasteiger partial charge < -0.3 is 10.2 Å². The second kappa shape index (κ2) is 7.09. The topological polar surface area (TPSA) is 75.2 Å². The van der Waals surface area contributed by atoms with Crippen molar-refractivity contribution in [3.05, 3.63) is 45.7 Å². The number of nitrogens with zero attached hydrogens (tertiary/aromatic N) is 3. The third-order valence-corrected chi connectivity index (χ3v) is 5.05. The van der Waals surface area contributed by atoms with Gasteiger partial charge in [-0.15, -0.1) is 11.3 Å². The largest absolute Gasteiger partial charge is 0.351 e. The highest BCUT2D eigenvalue weighted by Crippen LogP contribution is 2.32. The van der Waals surface area contributed by atoms with E-state index in [1.165, 1.54) is 18.3 Å². The normalized spacial score (nSPS) is 17.1. The predicted octanol–water partition coefficient (Wildman–Crippen LogP) is 2.46. The van der Waals surface area contributed by atoms with Crippen LogP contribution in [0, 0.1) is 6.92 Å². The first-order valence-electron chi connectivity index (χ1n) is 7.96. The number of aryl methyl sites for hydroxylation is 1. The molecule has 6 nitrogen and oxygen atoms in total. The fraction of sp³-hybridized carbons (Fsp3) is 0.412. The van der Waals surface area contributed by atoms with E-state index in [0.29, 0.717) is 12.2 Å². The summed E-state index contributed by atoms with van der Waals surface area (Å²) in [7, 11) is 0. The van der Waals surface area contributed by atoms with Crippen molar-refractivity contribution in [1.29, 1.82) is 0 Å². The Kier molecular flexibility index (Phi) is 4.89. The molecule has 0 saturated carbocycles. The van der Waals surface area contributed by atoms with Crippen molar-refractivity contribution in [3.63, 3.8) is 0 Å². The smallest absolute Gasteiger partial charge is 0.264 e. The molecule has 1 saturated heterocycles. The van der Waals surface area contributed by atoms with E-state index >= 15 is 0 Å². The van der Waals surface area contributed by atoms with E-state index in [-0.39, 0.29) is 17.9 Å². The van der Waals surface area contributed by atoms with Crippen LogP contribution in [0.3, 0.4) is 0 Å². The molecule has 1 fully saturated rings. The van der Waals surface area contributed by atoms with E-state index in [9.17, 15) is 9.59 Å². The lowest BCUT2D eigenvalue weighted by atomic mass is 10.1. The minimum absolute atomic E-state index is 0.0512. The SMILES string of the molecule is CC(=O)NCc1cncc([C@H]2CCCN2C(=O)c2cc(C)cs2)n1. The highest BCUT2D eigenvalue weighted by molar-refractivity contribution is 7.12. The first kappa shape index (κ1) is 16.6. The van der Waals surface area contributed by atoms with Gasteiger partial charge in [-0.1, -0.05) is 0 Å². The van der Waals surface area contributed by atoms with Gasteiger partial charge in [-0.05, 0) is 36.8 Å². The van der Waals surface area contributed by atoms with Gasteiger partial charge in [0.2, 0.25) is 5.91 Å². The van der Waals surface area contributed by atoms with Crippen LogP contribution in [0.1, 0.15) is 52.4 Å². The number of carbonyl (C=O) groups is 2. The maximum atomic E-state index is 12.8. The summed E-state index contributed by atoms with van der Waals surface area (Å²) in [5.41, 5.74) is 2.60. The van der Waals surface area contributed by atoms with E-state index in [1.54, 1.807) is 12.4 Å². The first-order valence-corrected chi connectivity index (χ1v) is 8.84. The van der Waals surface area contributed by atoms with Crippen LogP contribution in [0.25, 0.3) is 0 Å². The minimum Gasteiger partial charge on any atom is -0.351 e. The maximum absolute atomic E-state index is 12.8. The maximum Gasteiger partial charge on any atom is 0.264 e. The lowest BCUT2D eigenvalue weighted by Gasteiger charge is -2.23. The van der Waals surface area contributed by atoms with Crippen molar-refractivity contribution >= 4 is 23.2 Å². The predicted molar refractivity (Wildman–Crippen MR) is 91.6 cm³/mol. The van der Waals surface area contributed by atoms with Gasteiger partial charge in [0.15, 0.2) is 0 Å². The summed E-state index contributed by atoms with van der Waals surface area (Å²) in [4.78, 5) is 35.3. The number of hydrogen-bond donors (Lipinski definition) is 1. The van der Waals surface area contributed by atoms with Gasteiger partial charge in [0.1, 0.15) is 0 Å². The molecule has 1 aliphatic rings. The zero-order valence-corrected chi connectivity index (χ0v) is 14.6. The van der Waals surface area contributed by atoms with Crippen LogP contribution in [-0.2, 0) is 11.3 Å². The van der Waals surface area contributed by atoms with Crippen LogP contribution in [-0.4, -0.2) is 33.2 Å². The van der Waals surface area contributed by atoms with Crippen LogP contribution >= 0.6 is 11.3 Å². The zero-order chi connectivity index (χ0) is 17.1. The lowest BCUT2D eigenvalue weighted by molar-refractivity contribution is -0.119. The van der Waals surface area contributed by atoms with Crippen LogP contribution < -0.4 is 5.32 Å². The molecule has 0 aromatic carbocycles. The van der Waals surface area contributed by atoms with Crippen LogP contribution in [0.5, 0.6) is 0 Å². The summed E-state index contributed by atoms with van der Waals surface area (Å²) < 4.78 is 0. The summed E-state index contributed by atoms with van der Waals surface area (Å²) in [6, 6.07) is 1.88. The number of aromatic nitrogens is 2. The van der Waals surface area contributed by atoms with E-state index in [0.717, 1.165) is 35.5 Å². The summed E-state index contributed by atoms with van der Waals surface area (Å²) in [6.45, 7) is 4.54. The van der Waals surface area contributed by atoms with Gasteiger partial charge in [-0.2, -0.15) is 0 Å². The Labute approximate surface area is 144 Å². The molecule has 3 heterocycles. The Hall–Kier alpha value is -2.28. The molecule has 2 amide bonds. The molecular weight excluding hydrogens is 324 g/mol. The van der Waals surface area contributed by atoms with E-state index in [4.69, 9.17) is 0 Å². The Morgan fingerprint density at radius 2 is 2.25 bits per heavy atom. The molecule has 2 aromatic rings. The number of thiophene rings is 1. The van der Waals surface area contributed by atoms with Crippen LogP contribution in [0.15, 0.2) is 23.8 Å². The average Bonchev–Trinajstić information content (AvgIpc) is 3.21. The van der Waals surface area contributed by atoms with Gasteiger partial charge in [0.05, 0.1) is 41.2 Å². The molecule has 0 aliphatic carbocycles. The fourth-order valence-electron chi connectivity index (χ4n) is 2.89. The van der Waals surface area contributed by atoms with Crippen LogP contribution in [0.2, 0.25) is 0 Å². The quantitative estimate of drug-likeness (QED) is 0.924. The second-order valence-electron chi connectivity index (χ2n) is 5.99. The van der Waals surface area contributed by atoms with Crippen molar-refractivity contribution < 1.29 is 9.59 Å². The standard InChI is InChI=1S/C17H20N4O2S/c1-11-6-16(24-10-11)17(23)21-5-3-4-15(21)14-9-18-7-13(20-14)8-19-12(2)22/h6-7,9-10,15H,3-5,8H2,1-2H3,(H,19,22)/t15-/m1/s1. The minimum atomic E-state index is -0.104. The molecule has 126 valence electrons. The van der Waals surface area contributed by atoms with Gasteiger partial charge in [-0.25, -0.2) is 0 Å². The molecule has 0 bridgehead atoms. The third-order valence-electron chi connectivity index (χ3n) is 4.02. The molecule has 3 rings (SSSR count). The van der Waals surface area contributed by atoms with Crippen molar-refractivity contribution in [2.75, 3.05) is 6.54 Å². The fourth-order valence-corrected chi connectivity index (χ4v) is 3.74. The van der Waals surface area contributed by atoms with Gasteiger partial charge in [0.25, 0.3) is 5.91 Å². The number of amides is 2. The molecule has 0 radical (unpaired) electrons. The highest BCUT2D eigenvalue weighted by Gasteiger charge is 2.32. The summed E-state index contributed by atoms with van der Waals surface area (Å²) >= 11 is 1.48. The first-order chi connectivity index (χ1) is 11.5. The Morgan fingerprint density at radius 1 is 1.42 bits per heavy atom. The van der Waals surface area contributed by atoms with Crippen molar-refractivity contribution in [2.24, 2.45) is 0 Å². The molecule has 1 N–H and O–H groups in total. The summed E-state index contributed by atoms with van der Waals surface area (Å²) in [5, 5.41) is 4.71. The number of carbonyl (C=O) groups excluding carboxylic acids is 2. The summed E-state index contributed by atoms with van der Waals surface area (Å²) in [5.74, 6) is -0.0439. The average molecular weight is 344 g/mol. The Balaban J connectivity index is 1.79. The Bertz CT molecular complexity index is 759. The molecule has 7 heteroatoms. The van der Waals surface area contributed by atoms with E-state index in [2.05, 4.69) is 15.3 Å². The number of hydrogen-bond acceptors (Lipinski definition) is 5. The monoisotopic (exact) mass is 344 g/mol. The van der Waals surface area contributed by atoms with Gasteiger partial charge >= 0.3 is 0 Å².